The highest BCUT2D eigenvalue weighted by Crippen LogP contribution is 2.38. The van der Waals surface area contributed by atoms with Gasteiger partial charge in [-0.05, 0) is 114 Å². The van der Waals surface area contributed by atoms with Gasteiger partial charge >= 0.3 is 5.97 Å². The predicted molar refractivity (Wildman–Crippen MR) is 261 cm³/mol. The van der Waals surface area contributed by atoms with Gasteiger partial charge in [-0.25, -0.2) is 4.79 Å². The van der Waals surface area contributed by atoms with Gasteiger partial charge < -0.3 is 48.6 Å². The fourth-order valence-corrected chi connectivity index (χ4v) is 10.6. The molecule has 15 heteroatoms. The van der Waals surface area contributed by atoms with E-state index in [1.807, 2.05) is 65.0 Å². The second-order valence-electron chi connectivity index (χ2n) is 20.4. The maximum atomic E-state index is 14.5. The van der Waals surface area contributed by atoms with E-state index >= 15 is 0 Å². The van der Waals surface area contributed by atoms with Crippen molar-refractivity contribution in [2.75, 3.05) is 40.6 Å². The molecule has 3 fully saturated rings. The molecule has 1 amide bonds. The lowest BCUT2D eigenvalue weighted by atomic mass is 9.78. The van der Waals surface area contributed by atoms with Crippen molar-refractivity contribution in [3.8, 4) is 0 Å². The van der Waals surface area contributed by atoms with Crippen LogP contribution < -0.4 is 0 Å². The molecule has 0 aromatic carbocycles. The zero-order valence-corrected chi connectivity index (χ0v) is 43.1. The molecule has 1 saturated carbocycles. The average Bonchev–Trinajstić information content (AvgIpc) is 3.33. The molecule has 69 heavy (non-hydrogen) atoms. The van der Waals surface area contributed by atoms with Crippen molar-refractivity contribution >= 4 is 29.2 Å². The van der Waals surface area contributed by atoms with E-state index in [4.69, 9.17) is 28.4 Å². The molecule has 1 aliphatic carbocycles. The standard InChI is InChI=1S/C54H85NO14/c1-11-66-45-31-41-22-20-39(8)54(63,69-41)51(60)52(61)55-24-16-15-19-42(55)53(62)68-46(36(5)29-40-21-23-44(67-26-25-56)47(30-40)64-9)32-43(57)35(4)28-38(7)49(59)50(65-10)48(58)37(6)27-33(2)17-13-12-14-18-34(45)3/h12-14,17-18,28,33,35-37,39-42,44-47,49-50,56,59,63H,11,15-16,19-27,29-32H2,1-10H3/b14-12+,17-13-,34-18+,38-28+/t33-,35-,36-,37-,39-,40+,41?,42+,44-,45+,46+,47-,49-,50+,54-/m1/s1. The van der Waals surface area contributed by atoms with Crippen LogP contribution in [-0.4, -0.2) is 145 Å². The first kappa shape index (κ1) is 58.2. The summed E-state index contributed by atoms with van der Waals surface area (Å²) in [5.41, 5.74) is 1.28. The molecule has 2 bridgehead atoms. The molecule has 4 rings (SSSR count). The largest absolute Gasteiger partial charge is 0.460 e. The van der Waals surface area contributed by atoms with Crippen LogP contribution in [0.4, 0.5) is 0 Å². The number of methoxy groups -OCH3 is 2. The zero-order chi connectivity index (χ0) is 51.0. The summed E-state index contributed by atoms with van der Waals surface area (Å²) in [7, 11) is 3.01. The quantitative estimate of drug-likeness (QED) is 0.120. The van der Waals surface area contributed by atoms with Crippen LogP contribution in [0, 0.1) is 35.5 Å². The van der Waals surface area contributed by atoms with E-state index in [-0.39, 0.29) is 74.1 Å². The second kappa shape index (κ2) is 28.0. The van der Waals surface area contributed by atoms with Crippen molar-refractivity contribution in [2.24, 2.45) is 35.5 Å². The van der Waals surface area contributed by atoms with Gasteiger partial charge in [0.25, 0.3) is 11.7 Å². The van der Waals surface area contributed by atoms with Gasteiger partial charge in [0, 0.05) is 58.0 Å². The highest BCUT2D eigenvalue weighted by molar-refractivity contribution is 6.39. The molecule has 0 aromatic rings. The minimum atomic E-state index is -2.43. The molecule has 390 valence electrons. The first-order valence-corrected chi connectivity index (χ1v) is 25.6. The number of esters is 1. The third kappa shape index (κ3) is 16.0. The number of hydrogen-bond acceptors (Lipinski definition) is 14. The molecule has 2 saturated heterocycles. The van der Waals surface area contributed by atoms with E-state index < -0.39 is 77.8 Å². The fourth-order valence-electron chi connectivity index (χ4n) is 10.6. The summed E-state index contributed by atoms with van der Waals surface area (Å²) in [6.07, 6.45) is 12.1. The van der Waals surface area contributed by atoms with Gasteiger partial charge in [0.15, 0.2) is 5.78 Å². The van der Waals surface area contributed by atoms with Crippen LogP contribution >= 0.6 is 0 Å². The number of carbonyl (C=O) groups is 5. The molecule has 1 unspecified atom stereocenters. The van der Waals surface area contributed by atoms with Crippen molar-refractivity contribution in [1.82, 2.24) is 4.90 Å². The van der Waals surface area contributed by atoms with E-state index in [0.29, 0.717) is 70.0 Å². The molecule has 0 aromatic heterocycles. The van der Waals surface area contributed by atoms with Gasteiger partial charge in [0.05, 0.1) is 37.6 Å². The summed E-state index contributed by atoms with van der Waals surface area (Å²) < 4.78 is 35.9. The van der Waals surface area contributed by atoms with Gasteiger partial charge in [-0.15, -0.1) is 0 Å². The molecule has 0 spiro atoms. The van der Waals surface area contributed by atoms with Gasteiger partial charge in [-0.2, -0.15) is 0 Å². The smallest absolute Gasteiger partial charge is 0.329 e. The number of rotatable bonds is 10. The Morgan fingerprint density at radius 3 is 2.29 bits per heavy atom. The molecule has 0 radical (unpaired) electrons. The normalized spacial score (nSPS) is 38.8. The van der Waals surface area contributed by atoms with Crippen LogP contribution in [0.5, 0.6) is 0 Å². The van der Waals surface area contributed by atoms with Gasteiger partial charge in [-0.3, -0.25) is 19.2 Å². The number of fused-ring (bicyclic) bond motifs is 3. The topological polar surface area (TPSA) is 205 Å². The summed E-state index contributed by atoms with van der Waals surface area (Å²) in [4.78, 5) is 72.3. The summed E-state index contributed by atoms with van der Waals surface area (Å²) >= 11 is 0. The third-order valence-corrected chi connectivity index (χ3v) is 15.0. The molecular weight excluding hydrogens is 887 g/mol. The first-order valence-electron chi connectivity index (χ1n) is 25.6. The number of ether oxygens (including phenoxy) is 6. The molecule has 3 N–H and O–H groups in total. The summed E-state index contributed by atoms with van der Waals surface area (Å²) in [6, 6.07) is -1.15. The minimum Gasteiger partial charge on any atom is -0.460 e. The van der Waals surface area contributed by atoms with Gasteiger partial charge in [-0.1, -0.05) is 71.1 Å². The summed E-state index contributed by atoms with van der Waals surface area (Å²) in [5, 5.41) is 32.9. The van der Waals surface area contributed by atoms with Crippen LogP contribution in [0.2, 0.25) is 0 Å². The lowest BCUT2D eigenvalue weighted by Gasteiger charge is -2.43. The van der Waals surface area contributed by atoms with Crippen molar-refractivity contribution in [3.63, 3.8) is 0 Å². The third-order valence-electron chi connectivity index (χ3n) is 15.0. The zero-order valence-electron chi connectivity index (χ0n) is 43.1. The summed E-state index contributed by atoms with van der Waals surface area (Å²) in [5.74, 6) is -7.96. The number of carbonyl (C=O) groups excluding carboxylic acids is 5. The van der Waals surface area contributed by atoms with E-state index in [1.54, 1.807) is 34.0 Å². The van der Waals surface area contributed by atoms with Crippen molar-refractivity contribution < 1.29 is 67.7 Å². The number of piperidine rings is 1. The number of aliphatic hydroxyl groups is 3. The van der Waals surface area contributed by atoms with E-state index in [1.165, 1.54) is 12.0 Å². The number of ketones is 3. The number of nitrogens with zero attached hydrogens (tertiary/aromatic N) is 1. The van der Waals surface area contributed by atoms with Crippen molar-refractivity contribution in [1.29, 1.82) is 0 Å². The van der Waals surface area contributed by atoms with Crippen LogP contribution in [0.25, 0.3) is 0 Å². The van der Waals surface area contributed by atoms with Gasteiger partial charge in [0.1, 0.15) is 30.1 Å². The van der Waals surface area contributed by atoms with E-state index in [2.05, 4.69) is 0 Å². The SMILES string of the molecule is CCO[C@H]1CC2CC[C@@H](C)[C@@](O)(O2)C(=O)C(=O)N2CCCC[C@H]2C(=O)O[C@H]([C@H](C)C[C@@H]2CC[C@@H](OCCO)[C@H](OC)C2)CC(=O)[C@H](C)/C=C(\C)[C@@H](O)[C@@H](OC)C(=O)[C@H](C)C[C@H](C)\C=C/C=C/C=C/1C. The fraction of sp³-hybridized carbons (Fsp3) is 0.759. The van der Waals surface area contributed by atoms with Crippen LogP contribution in [0.1, 0.15) is 132 Å². The number of hydrogen-bond donors (Lipinski definition) is 3. The molecule has 4 aliphatic rings. The molecule has 3 aliphatic heterocycles. The molecule has 3 heterocycles. The lowest BCUT2D eigenvalue weighted by molar-refractivity contribution is -0.266. The van der Waals surface area contributed by atoms with Crippen LogP contribution in [0.15, 0.2) is 47.6 Å². The number of Topliss-reactive ketones (excluding diaryl/α,β-unsaturated/α-hetero) is 3. The molecule has 15 nitrogen and oxygen atoms in total. The van der Waals surface area contributed by atoms with Crippen LogP contribution in [0.3, 0.4) is 0 Å². The number of amides is 1. The maximum absolute atomic E-state index is 14.5. The van der Waals surface area contributed by atoms with E-state index in [0.717, 1.165) is 12.0 Å². The van der Waals surface area contributed by atoms with E-state index in [9.17, 15) is 39.3 Å². The highest BCUT2D eigenvalue weighted by Gasteiger charge is 2.53. The van der Waals surface area contributed by atoms with Crippen molar-refractivity contribution in [3.05, 3.63) is 47.6 Å². The number of cyclic esters (lactones) is 1. The minimum absolute atomic E-state index is 0.0153. The number of aliphatic hydroxyl groups excluding tert-OH is 2. The first-order chi connectivity index (χ1) is 32.8. The monoisotopic (exact) mass is 972 g/mol. The van der Waals surface area contributed by atoms with Crippen LogP contribution in [-0.2, 0) is 52.4 Å². The Morgan fingerprint density at radius 1 is 0.870 bits per heavy atom. The highest BCUT2D eigenvalue weighted by atomic mass is 16.6. The number of allylic oxidation sites excluding steroid dienone is 6. The Kier molecular flexibility index (Phi) is 23.6. The Balaban J connectivity index is 1.71. The Hall–Kier alpha value is -3.41. The Bertz CT molecular complexity index is 1830. The Morgan fingerprint density at radius 2 is 1.61 bits per heavy atom. The second-order valence-corrected chi connectivity index (χ2v) is 20.4. The average molecular weight is 972 g/mol. The molecular formula is C54H85NO14. The summed E-state index contributed by atoms with van der Waals surface area (Å²) in [6.45, 7) is 15.2. The van der Waals surface area contributed by atoms with Crippen molar-refractivity contribution in [2.45, 2.75) is 187 Å². The van der Waals surface area contributed by atoms with Gasteiger partial charge in [0.2, 0.25) is 5.79 Å². The maximum Gasteiger partial charge on any atom is 0.329 e. The molecule has 15 atom stereocenters. The predicted octanol–water partition coefficient (Wildman–Crippen LogP) is 6.59. The lowest BCUT2D eigenvalue weighted by Crippen LogP contribution is -2.61. The Labute approximate surface area is 411 Å².